The third kappa shape index (κ3) is 4.08. The average Bonchev–Trinajstić information content (AvgIpc) is 2.75. The predicted molar refractivity (Wildman–Crippen MR) is 79.4 cm³/mol. The minimum atomic E-state index is 0.477. The summed E-state index contributed by atoms with van der Waals surface area (Å²) in [6.45, 7) is 5.12. The molecule has 0 radical (unpaired) electrons. The smallest absolute Gasteiger partial charge is 0.165 e. The molecule has 1 aromatic carbocycles. The number of nitrogens with one attached hydrogen (secondary N) is 1. The van der Waals surface area contributed by atoms with E-state index < -0.39 is 0 Å². The molecule has 5 heteroatoms. The van der Waals surface area contributed by atoms with Crippen LogP contribution in [0.1, 0.15) is 19.4 Å². The van der Waals surface area contributed by atoms with Gasteiger partial charge in [-0.3, -0.25) is 4.68 Å². The van der Waals surface area contributed by atoms with Crippen molar-refractivity contribution in [1.82, 2.24) is 15.1 Å². The first-order chi connectivity index (χ1) is 9.04. The highest BCUT2D eigenvalue weighted by atomic mass is 79.9. The Labute approximate surface area is 121 Å². The highest BCUT2D eigenvalue weighted by molar-refractivity contribution is 9.10. The number of benzene rings is 1. The SMILES string of the molecule is CC(C)NCc1ccc(Oc2cnn(C)c2)c(Br)c1. The number of nitrogens with zero attached hydrogens (tertiary/aromatic N) is 2. The minimum absolute atomic E-state index is 0.477. The molecule has 19 heavy (non-hydrogen) atoms. The van der Waals surface area contributed by atoms with Crippen molar-refractivity contribution in [2.24, 2.45) is 7.05 Å². The Bertz CT molecular complexity index is 551. The average molecular weight is 324 g/mol. The van der Waals surface area contributed by atoms with Crippen LogP contribution in [0.3, 0.4) is 0 Å². The van der Waals surface area contributed by atoms with Gasteiger partial charge in [-0.25, -0.2) is 0 Å². The van der Waals surface area contributed by atoms with Crippen molar-refractivity contribution in [3.63, 3.8) is 0 Å². The topological polar surface area (TPSA) is 39.1 Å². The van der Waals surface area contributed by atoms with Crippen LogP contribution < -0.4 is 10.1 Å². The summed E-state index contributed by atoms with van der Waals surface area (Å²) >= 11 is 3.54. The van der Waals surface area contributed by atoms with Gasteiger partial charge in [0.2, 0.25) is 0 Å². The number of ether oxygens (including phenoxy) is 1. The summed E-state index contributed by atoms with van der Waals surface area (Å²) in [4.78, 5) is 0. The summed E-state index contributed by atoms with van der Waals surface area (Å²) in [6, 6.07) is 6.58. The number of hydrogen-bond donors (Lipinski definition) is 1. The molecule has 0 aliphatic heterocycles. The van der Waals surface area contributed by atoms with Crippen molar-refractivity contribution < 1.29 is 4.74 Å². The van der Waals surface area contributed by atoms with Gasteiger partial charge in [0.1, 0.15) is 5.75 Å². The standard InChI is InChI=1S/C14H18BrN3O/c1-10(2)16-7-11-4-5-14(13(15)6-11)19-12-8-17-18(3)9-12/h4-6,8-10,16H,7H2,1-3H3. The van der Waals surface area contributed by atoms with E-state index in [0.29, 0.717) is 6.04 Å². The number of rotatable bonds is 5. The normalized spacial score (nSPS) is 11.0. The summed E-state index contributed by atoms with van der Waals surface area (Å²) in [6.07, 6.45) is 3.53. The molecule has 0 spiro atoms. The summed E-state index contributed by atoms with van der Waals surface area (Å²) in [7, 11) is 1.86. The van der Waals surface area contributed by atoms with Crippen LogP contribution in [0.25, 0.3) is 0 Å². The Balaban J connectivity index is 2.06. The van der Waals surface area contributed by atoms with Gasteiger partial charge in [-0.15, -0.1) is 0 Å². The van der Waals surface area contributed by atoms with Gasteiger partial charge in [-0.05, 0) is 33.6 Å². The number of aryl methyl sites for hydroxylation is 1. The first kappa shape index (κ1) is 14.1. The van der Waals surface area contributed by atoms with Crippen LogP contribution in [0, 0.1) is 0 Å². The highest BCUT2D eigenvalue weighted by Crippen LogP contribution is 2.30. The van der Waals surface area contributed by atoms with Gasteiger partial charge in [0.25, 0.3) is 0 Å². The Morgan fingerprint density at radius 3 is 2.79 bits per heavy atom. The van der Waals surface area contributed by atoms with Crippen molar-refractivity contribution in [1.29, 1.82) is 0 Å². The minimum Gasteiger partial charge on any atom is -0.453 e. The molecule has 1 N–H and O–H groups in total. The molecule has 0 aliphatic rings. The first-order valence-electron chi connectivity index (χ1n) is 6.23. The zero-order valence-corrected chi connectivity index (χ0v) is 12.9. The molecule has 0 unspecified atom stereocenters. The lowest BCUT2D eigenvalue weighted by Gasteiger charge is -2.10. The molecule has 0 amide bonds. The number of halogens is 1. The molecule has 4 nitrogen and oxygen atoms in total. The van der Waals surface area contributed by atoms with E-state index in [9.17, 15) is 0 Å². The van der Waals surface area contributed by atoms with Crippen LogP contribution in [0.5, 0.6) is 11.5 Å². The maximum absolute atomic E-state index is 5.76. The van der Waals surface area contributed by atoms with E-state index in [0.717, 1.165) is 22.5 Å². The first-order valence-corrected chi connectivity index (χ1v) is 7.02. The fourth-order valence-electron chi connectivity index (χ4n) is 1.64. The van der Waals surface area contributed by atoms with E-state index in [1.165, 1.54) is 5.56 Å². The predicted octanol–water partition coefficient (Wildman–Crippen LogP) is 3.47. The van der Waals surface area contributed by atoms with Gasteiger partial charge in [-0.2, -0.15) is 5.10 Å². The third-order valence-electron chi connectivity index (χ3n) is 2.62. The molecule has 0 fully saturated rings. The number of aromatic nitrogens is 2. The van der Waals surface area contributed by atoms with Crippen LogP contribution in [-0.4, -0.2) is 15.8 Å². The van der Waals surface area contributed by atoms with Gasteiger partial charge >= 0.3 is 0 Å². The van der Waals surface area contributed by atoms with E-state index in [1.54, 1.807) is 10.9 Å². The quantitative estimate of drug-likeness (QED) is 0.915. The van der Waals surface area contributed by atoms with Crippen molar-refractivity contribution in [3.05, 3.63) is 40.6 Å². The second-order valence-corrected chi connectivity index (χ2v) is 5.61. The van der Waals surface area contributed by atoms with Gasteiger partial charge in [0.15, 0.2) is 5.75 Å². The van der Waals surface area contributed by atoms with Crippen molar-refractivity contribution >= 4 is 15.9 Å². The Kier molecular flexibility index (Phi) is 4.61. The van der Waals surface area contributed by atoms with E-state index in [1.807, 2.05) is 19.3 Å². The lowest BCUT2D eigenvalue weighted by atomic mass is 10.2. The molecular formula is C14H18BrN3O. The molecular weight excluding hydrogens is 306 g/mol. The second-order valence-electron chi connectivity index (χ2n) is 4.75. The number of hydrogen-bond acceptors (Lipinski definition) is 3. The fraction of sp³-hybridized carbons (Fsp3) is 0.357. The van der Waals surface area contributed by atoms with E-state index in [-0.39, 0.29) is 0 Å². The van der Waals surface area contributed by atoms with Crippen molar-refractivity contribution in [3.8, 4) is 11.5 Å². The summed E-state index contributed by atoms with van der Waals surface area (Å²) in [5.74, 6) is 1.53. The Morgan fingerprint density at radius 1 is 1.42 bits per heavy atom. The molecule has 0 aliphatic carbocycles. The van der Waals surface area contributed by atoms with E-state index >= 15 is 0 Å². The lowest BCUT2D eigenvalue weighted by molar-refractivity contribution is 0.478. The summed E-state index contributed by atoms with van der Waals surface area (Å²) < 4.78 is 8.42. The van der Waals surface area contributed by atoms with Crippen LogP contribution in [0.15, 0.2) is 35.1 Å². The monoisotopic (exact) mass is 323 g/mol. The maximum Gasteiger partial charge on any atom is 0.165 e. The molecule has 0 saturated heterocycles. The second kappa shape index (κ2) is 6.21. The highest BCUT2D eigenvalue weighted by Gasteiger charge is 2.06. The Hall–Kier alpha value is -1.33. The van der Waals surface area contributed by atoms with Gasteiger partial charge < -0.3 is 10.1 Å². The Morgan fingerprint density at radius 2 is 2.21 bits per heavy atom. The third-order valence-corrected chi connectivity index (χ3v) is 3.24. The zero-order chi connectivity index (χ0) is 13.8. The summed E-state index contributed by atoms with van der Waals surface area (Å²) in [5.41, 5.74) is 1.22. The van der Waals surface area contributed by atoms with Crippen molar-refractivity contribution in [2.75, 3.05) is 0 Å². The molecule has 102 valence electrons. The maximum atomic E-state index is 5.76. The van der Waals surface area contributed by atoms with Crippen LogP contribution >= 0.6 is 15.9 Å². The van der Waals surface area contributed by atoms with Crippen molar-refractivity contribution in [2.45, 2.75) is 26.4 Å². The molecule has 2 rings (SSSR count). The molecule has 0 bridgehead atoms. The molecule has 2 aromatic rings. The molecule has 1 heterocycles. The molecule has 0 atom stereocenters. The van der Waals surface area contributed by atoms with Crippen LogP contribution in [0.4, 0.5) is 0 Å². The molecule has 0 saturated carbocycles. The van der Waals surface area contributed by atoms with Crippen LogP contribution in [-0.2, 0) is 13.6 Å². The van der Waals surface area contributed by atoms with Crippen LogP contribution in [0.2, 0.25) is 0 Å². The zero-order valence-electron chi connectivity index (χ0n) is 11.4. The summed E-state index contributed by atoms with van der Waals surface area (Å²) in [5, 5.41) is 7.46. The largest absolute Gasteiger partial charge is 0.453 e. The van der Waals surface area contributed by atoms with Gasteiger partial charge in [0.05, 0.1) is 16.9 Å². The van der Waals surface area contributed by atoms with Gasteiger partial charge in [-0.1, -0.05) is 19.9 Å². The van der Waals surface area contributed by atoms with Gasteiger partial charge in [0, 0.05) is 19.6 Å². The molecule has 1 aromatic heterocycles. The lowest BCUT2D eigenvalue weighted by Crippen LogP contribution is -2.21. The fourth-order valence-corrected chi connectivity index (χ4v) is 2.14. The van der Waals surface area contributed by atoms with E-state index in [2.05, 4.69) is 52.3 Å². The van der Waals surface area contributed by atoms with E-state index in [4.69, 9.17) is 4.74 Å².